The molecule has 0 unspecified atom stereocenters. The molecule has 2 rings (SSSR count). The van der Waals surface area contributed by atoms with E-state index in [-0.39, 0.29) is 17.2 Å². The number of benzene rings is 1. The molecule has 0 aliphatic carbocycles. The number of halogens is 1. The van der Waals surface area contributed by atoms with Crippen LogP contribution in [-0.4, -0.2) is 17.0 Å². The Kier molecular flexibility index (Phi) is 4.05. The van der Waals surface area contributed by atoms with E-state index in [1.807, 2.05) is 0 Å². The summed E-state index contributed by atoms with van der Waals surface area (Å²) in [6.07, 6.45) is 0. The number of aromatic carboxylic acids is 1. The second-order valence-corrected chi connectivity index (χ2v) is 6.51. The highest BCUT2D eigenvalue weighted by atomic mass is 127. The number of anilines is 2. The quantitative estimate of drug-likeness (QED) is 0.557. The molecule has 7 heteroatoms. The number of carbonyl (C=O) groups excluding carboxylic acids is 1. The molecule has 0 fully saturated rings. The topological polar surface area (TPSA) is 92.4 Å². The van der Waals surface area contributed by atoms with Gasteiger partial charge in [-0.05, 0) is 46.9 Å². The maximum Gasteiger partial charge on any atom is 0.337 e. The van der Waals surface area contributed by atoms with Gasteiger partial charge in [-0.3, -0.25) is 4.79 Å². The van der Waals surface area contributed by atoms with Crippen LogP contribution in [0.5, 0.6) is 0 Å². The van der Waals surface area contributed by atoms with Crippen molar-refractivity contribution in [3.8, 4) is 0 Å². The molecule has 1 aromatic carbocycles. The number of nitrogen functional groups attached to an aromatic ring is 1. The zero-order chi connectivity index (χ0) is 14.0. The van der Waals surface area contributed by atoms with Gasteiger partial charge in [-0.15, -0.1) is 11.3 Å². The largest absolute Gasteiger partial charge is 0.478 e. The molecule has 98 valence electrons. The molecule has 1 aromatic heterocycles. The smallest absolute Gasteiger partial charge is 0.337 e. The van der Waals surface area contributed by atoms with Gasteiger partial charge in [0.05, 0.1) is 19.7 Å². The Balaban J connectivity index is 2.30. The molecule has 0 spiro atoms. The fourth-order valence-electron chi connectivity index (χ4n) is 1.48. The molecular weight excluding hydrogens is 379 g/mol. The average molecular weight is 388 g/mol. The summed E-state index contributed by atoms with van der Waals surface area (Å²) in [6, 6.07) is 6.00. The van der Waals surface area contributed by atoms with Gasteiger partial charge >= 0.3 is 5.97 Å². The van der Waals surface area contributed by atoms with Gasteiger partial charge in [-0.2, -0.15) is 0 Å². The van der Waals surface area contributed by atoms with E-state index in [1.165, 1.54) is 29.5 Å². The lowest BCUT2D eigenvalue weighted by atomic mass is 10.1. The molecular formula is C12H9IN2O3S. The highest BCUT2D eigenvalue weighted by molar-refractivity contribution is 14.1. The minimum Gasteiger partial charge on any atom is -0.478 e. The maximum atomic E-state index is 12.0. The number of amides is 1. The second-order valence-electron chi connectivity index (χ2n) is 3.70. The zero-order valence-corrected chi connectivity index (χ0v) is 12.5. The summed E-state index contributed by atoms with van der Waals surface area (Å²) in [6.45, 7) is 0. The Labute approximate surface area is 126 Å². The molecule has 0 bridgehead atoms. The van der Waals surface area contributed by atoms with Crippen LogP contribution in [0.15, 0.2) is 29.6 Å². The normalized spacial score (nSPS) is 10.2. The van der Waals surface area contributed by atoms with Crippen LogP contribution >= 0.6 is 33.9 Å². The number of carbonyl (C=O) groups is 2. The van der Waals surface area contributed by atoms with Gasteiger partial charge in [0.1, 0.15) is 0 Å². The summed E-state index contributed by atoms with van der Waals surface area (Å²) in [7, 11) is 0. The van der Waals surface area contributed by atoms with Gasteiger partial charge in [-0.25, -0.2) is 4.79 Å². The predicted octanol–water partition coefficient (Wildman–Crippen LogP) is 2.89. The van der Waals surface area contributed by atoms with E-state index in [2.05, 4.69) is 27.9 Å². The maximum absolute atomic E-state index is 12.0. The zero-order valence-electron chi connectivity index (χ0n) is 9.51. The molecule has 0 saturated heterocycles. The summed E-state index contributed by atoms with van der Waals surface area (Å²) in [4.78, 5) is 23.0. The molecule has 4 N–H and O–H groups in total. The Morgan fingerprint density at radius 1 is 1.32 bits per heavy atom. The minimum atomic E-state index is -1.12. The monoisotopic (exact) mass is 388 g/mol. The second kappa shape index (κ2) is 5.57. The van der Waals surface area contributed by atoms with Crippen molar-refractivity contribution in [1.82, 2.24) is 0 Å². The van der Waals surface area contributed by atoms with Crippen LogP contribution in [0.25, 0.3) is 0 Å². The summed E-state index contributed by atoms with van der Waals surface area (Å²) in [5.74, 6) is -1.47. The predicted molar refractivity (Wildman–Crippen MR) is 82.8 cm³/mol. The summed E-state index contributed by atoms with van der Waals surface area (Å²) in [5, 5.41) is 13.3. The molecule has 0 saturated carbocycles. The van der Waals surface area contributed by atoms with E-state index in [1.54, 1.807) is 11.4 Å². The first-order chi connectivity index (χ1) is 8.97. The Morgan fingerprint density at radius 2 is 2.05 bits per heavy atom. The lowest BCUT2D eigenvalue weighted by molar-refractivity contribution is 0.0698. The SMILES string of the molecule is Nc1ccc(C(=O)O)c(NC(=O)c2csc(I)c2)c1. The lowest BCUT2D eigenvalue weighted by Crippen LogP contribution is -2.14. The molecule has 1 heterocycles. The lowest BCUT2D eigenvalue weighted by Gasteiger charge is -2.08. The fraction of sp³-hybridized carbons (Fsp3) is 0. The standard InChI is InChI=1S/C12H9IN2O3S/c13-10-3-6(5-19-10)11(16)15-9-4-7(14)1-2-8(9)12(17)18/h1-5H,14H2,(H,15,16)(H,17,18). The van der Waals surface area contributed by atoms with Gasteiger partial charge in [0, 0.05) is 11.1 Å². The van der Waals surface area contributed by atoms with Crippen LogP contribution in [0.1, 0.15) is 20.7 Å². The van der Waals surface area contributed by atoms with Gasteiger partial charge in [0.15, 0.2) is 0 Å². The van der Waals surface area contributed by atoms with E-state index in [4.69, 9.17) is 10.8 Å². The third-order valence-electron chi connectivity index (χ3n) is 2.35. The first kappa shape index (κ1) is 13.8. The number of thiophene rings is 1. The molecule has 0 aliphatic heterocycles. The van der Waals surface area contributed by atoms with Gasteiger partial charge in [0.25, 0.3) is 5.91 Å². The van der Waals surface area contributed by atoms with Crippen molar-refractivity contribution < 1.29 is 14.7 Å². The van der Waals surface area contributed by atoms with E-state index in [0.717, 1.165) is 2.88 Å². The molecule has 0 radical (unpaired) electrons. The number of hydrogen-bond donors (Lipinski definition) is 3. The first-order valence-corrected chi connectivity index (χ1v) is 7.11. The van der Waals surface area contributed by atoms with Crippen LogP contribution in [0.3, 0.4) is 0 Å². The van der Waals surface area contributed by atoms with Gasteiger partial charge in [0.2, 0.25) is 0 Å². The fourth-order valence-corrected chi connectivity index (χ4v) is 2.80. The molecule has 2 aromatic rings. The number of rotatable bonds is 3. The Hall–Kier alpha value is -1.61. The highest BCUT2D eigenvalue weighted by Gasteiger charge is 2.14. The average Bonchev–Trinajstić information content (AvgIpc) is 2.75. The number of nitrogens with one attached hydrogen (secondary N) is 1. The first-order valence-electron chi connectivity index (χ1n) is 5.15. The third-order valence-corrected chi connectivity index (χ3v) is 4.14. The third kappa shape index (κ3) is 3.24. The van der Waals surface area contributed by atoms with Crippen LogP contribution in [0.2, 0.25) is 0 Å². The molecule has 0 aliphatic rings. The van der Waals surface area contributed by atoms with Crippen LogP contribution in [-0.2, 0) is 0 Å². The Bertz CT molecular complexity index is 654. The van der Waals surface area contributed by atoms with Crippen molar-refractivity contribution in [2.24, 2.45) is 0 Å². The number of carboxylic acids is 1. The van der Waals surface area contributed by atoms with Gasteiger partial charge < -0.3 is 16.2 Å². The van der Waals surface area contributed by atoms with Crippen molar-refractivity contribution in [3.05, 3.63) is 43.7 Å². The van der Waals surface area contributed by atoms with Crippen molar-refractivity contribution in [2.75, 3.05) is 11.1 Å². The van der Waals surface area contributed by atoms with Crippen molar-refractivity contribution in [3.63, 3.8) is 0 Å². The van der Waals surface area contributed by atoms with Crippen molar-refractivity contribution in [1.29, 1.82) is 0 Å². The van der Waals surface area contributed by atoms with E-state index >= 15 is 0 Å². The van der Waals surface area contributed by atoms with Crippen LogP contribution in [0.4, 0.5) is 11.4 Å². The summed E-state index contributed by atoms with van der Waals surface area (Å²) < 4.78 is 0.980. The minimum absolute atomic E-state index is 0.00692. The molecule has 1 amide bonds. The van der Waals surface area contributed by atoms with Crippen molar-refractivity contribution >= 4 is 57.2 Å². The highest BCUT2D eigenvalue weighted by Crippen LogP contribution is 2.22. The molecule has 5 nitrogen and oxygen atoms in total. The van der Waals surface area contributed by atoms with Crippen LogP contribution < -0.4 is 11.1 Å². The molecule has 0 atom stereocenters. The van der Waals surface area contributed by atoms with Crippen LogP contribution in [0, 0.1) is 2.88 Å². The van der Waals surface area contributed by atoms with Gasteiger partial charge in [-0.1, -0.05) is 0 Å². The number of nitrogens with two attached hydrogens (primary N) is 1. The molecule has 19 heavy (non-hydrogen) atoms. The Morgan fingerprint density at radius 3 is 2.63 bits per heavy atom. The summed E-state index contributed by atoms with van der Waals surface area (Å²) >= 11 is 3.55. The number of carboxylic acid groups (broad SMARTS) is 1. The van der Waals surface area contributed by atoms with E-state index in [0.29, 0.717) is 11.3 Å². The van der Waals surface area contributed by atoms with E-state index in [9.17, 15) is 9.59 Å². The van der Waals surface area contributed by atoms with E-state index < -0.39 is 5.97 Å². The van der Waals surface area contributed by atoms with Crippen molar-refractivity contribution in [2.45, 2.75) is 0 Å². The summed E-state index contributed by atoms with van der Waals surface area (Å²) in [5.41, 5.74) is 6.69. The number of hydrogen-bond acceptors (Lipinski definition) is 4.